The van der Waals surface area contributed by atoms with Gasteiger partial charge in [0.05, 0.1) is 6.42 Å². The second-order valence-corrected chi connectivity index (χ2v) is 5.87. The second-order valence-electron chi connectivity index (χ2n) is 4.75. The molecule has 1 rings (SSSR count). The molecule has 0 heterocycles. The Morgan fingerprint density at radius 3 is 2.35 bits per heavy atom. The third-order valence-electron chi connectivity index (χ3n) is 3.20. The zero-order valence-electron chi connectivity index (χ0n) is 9.80. The van der Waals surface area contributed by atoms with Crippen LogP contribution in [0.3, 0.4) is 0 Å². The zero-order chi connectivity index (χ0) is 12.9. The van der Waals surface area contributed by atoms with Gasteiger partial charge in [-0.25, -0.2) is 0 Å². The van der Waals surface area contributed by atoms with Crippen LogP contribution in [0.1, 0.15) is 38.5 Å². The summed E-state index contributed by atoms with van der Waals surface area (Å²) in [4.78, 5) is 22.6. The summed E-state index contributed by atoms with van der Waals surface area (Å²) in [6.07, 6.45) is 4.11. The molecular weight excluding hydrogens is 286 g/mol. The number of nitrogens with one attached hydrogen (secondary N) is 1. The molecule has 1 saturated carbocycles. The van der Waals surface area contributed by atoms with Gasteiger partial charge in [0.15, 0.2) is 0 Å². The Kier molecular flexibility index (Phi) is 5.18. The first kappa shape index (κ1) is 14.2. The van der Waals surface area contributed by atoms with E-state index in [1.54, 1.807) is 0 Å². The topological polar surface area (TPSA) is 66.4 Å². The van der Waals surface area contributed by atoms with Gasteiger partial charge in [-0.05, 0) is 18.3 Å². The Bertz CT molecular complexity index is 322. The molecule has 0 aromatic rings. The molecule has 0 aliphatic heterocycles. The Morgan fingerprint density at radius 2 is 1.88 bits per heavy atom. The van der Waals surface area contributed by atoms with Gasteiger partial charge in [0, 0.05) is 17.4 Å². The van der Waals surface area contributed by atoms with Gasteiger partial charge in [0.2, 0.25) is 5.91 Å². The number of carboxylic acids is 1. The first-order valence-electron chi connectivity index (χ1n) is 5.75. The molecular formula is C12H18BrNO3. The number of amides is 1. The maximum absolute atomic E-state index is 11.7. The average Bonchev–Trinajstić information content (AvgIpc) is 2.62. The molecule has 0 spiro atoms. The van der Waals surface area contributed by atoms with Crippen LogP contribution in [0.2, 0.25) is 0 Å². The summed E-state index contributed by atoms with van der Waals surface area (Å²) in [6.45, 7) is 4.02. The molecule has 1 aliphatic carbocycles. The van der Waals surface area contributed by atoms with Gasteiger partial charge < -0.3 is 10.4 Å². The summed E-state index contributed by atoms with van der Waals surface area (Å²) in [7, 11) is 0. The van der Waals surface area contributed by atoms with Crippen LogP contribution in [0, 0.1) is 5.41 Å². The number of rotatable bonds is 6. The van der Waals surface area contributed by atoms with Gasteiger partial charge in [-0.1, -0.05) is 35.4 Å². The van der Waals surface area contributed by atoms with Crippen molar-refractivity contribution in [2.45, 2.75) is 38.5 Å². The Balaban J connectivity index is 2.51. The molecule has 0 bridgehead atoms. The summed E-state index contributed by atoms with van der Waals surface area (Å²) in [5, 5.41) is 11.6. The second kappa shape index (κ2) is 6.19. The van der Waals surface area contributed by atoms with Crippen molar-refractivity contribution in [2.75, 3.05) is 6.54 Å². The van der Waals surface area contributed by atoms with E-state index in [-0.39, 0.29) is 17.7 Å². The van der Waals surface area contributed by atoms with Crippen molar-refractivity contribution in [2.24, 2.45) is 5.41 Å². The molecule has 0 aromatic heterocycles. The zero-order valence-corrected chi connectivity index (χ0v) is 11.4. The lowest BCUT2D eigenvalue weighted by atomic mass is 9.79. The van der Waals surface area contributed by atoms with E-state index in [2.05, 4.69) is 27.8 Å². The fourth-order valence-electron chi connectivity index (χ4n) is 2.46. The van der Waals surface area contributed by atoms with Crippen molar-refractivity contribution in [3.63, 3.8) is 0 Å². The molecule has 5 heteroatoms. The summed E-state index contributed by atoms with van der Waals surface area (Å²) in [6, 6.07) is 0. The minimum absolute atomic E-state index is 0.0891. The molecule has 17 heavy (non-hydrogen) atoms. The third kappa shape index (κ3) is 4.89. The SMILES string of the molecule is C=C(Br)CNC(=O)CC1(CC(=O)O)CCCC1. The van der Waals surface area contributed by atoms with Gasteiger partial charge in [-0.3, -0.25) is 9.59 Å². The molecule has 0 aromatic carbocycles. The van der Waals surface area contributed by atoms with E-state index in [0.29, 0.717) is 17.4 Å². The summed E-state index contributed by atoms with van der Waals surface area (Å²) >= 11 is 3.17. The fourth-order valence-corrected chi connectivity index (χ4v) is 2.60. The molecule has 1 fully saturated rings. The van der Waals surface area contributed by atoms with E-state index < -0.39 is 5.97 Å². The normalized spacial score (nSPS) is 17.7. The highest BCUT2D eigenvalue weighted by Gasteiger charge is 2.37. The number of hydrogen-bond donors (Lipinski definition) is 2. The van der Waals surface area contributed by atoms with Gasteiger partial charge >= 0.3 is 5.97 Å². The van der Waals surface area contributed by atoms with Gasteiger partial charge in [0.1, 0.15) is 0 Å². The number of carbonyl (C=O) groups excluding carboxylic acids is 1. The number of carbonyl (C=O) groups is 2. The molecule has 96 valence electrons. The quantitative estimate of drug-likeness (QED) is 0.792. The predicted octanol–water partition coefficient (Wildman–Crippen LogP) is 2.44. The van der Waals surface area contributed by atoms with Crippen molar-refractivity contribution in [1.82, 2.24) is 5.32 Å². The van der Waals surface area contributed by atoms with Crippen LogP contribution in [0.5, 0.6) is 0 Å². The highest BCUT2D eigenvalue weighted by molar-refractivity contribution is 9.11. The number of carboxylic acid groups (broad SMARTS) is 1. The highest BCUT2D eigenvalue weighted by atomic mass is 79.9. The van der Waals surface area contributed by atoms with Crippen LogP contribution in [-0.4, -0.2) is 23.5 Å². The van der Waals surface area contributed by atoms with E-state index in [9.17, 15) is 9.59 Å². The Morgan fingerprint density at radius 1 is 1.29 bits per heavy atom. The molecule has 2 N–H and O–H groups in total. The molecule has 0 atom stereocenters. The van der Waals surface area contributed by atoms with E-state index in [1.165, 1.54) is 0 Å². The molecule has 1 aliphatic rings. The average molecular weight is 304 g/mol. The van der Waals surface area contributed by atoms with Crippen LogP contribution in [0.4, 0.5) is 0 Å². The van der Waals surface area contributed by atoms with Crippen LogP contribution in [-0.2, 0) is 9.59 Å². The molecule has 0 radical (unpaired) electrons. The van der Waals surface area contributed by atoms with E-state index in [4.69, 9.17) is 5.11 Å². The first-order valence-corrected chi connectivity index (χ1v) is 6.55. The summed E-state index contributed by atoms with van der Waals surface area (Å²) in [5.41, 5.74) is -0.330. The van der Waals surface area contributed by atoms with Crippen molar-refractivity contribution in [1.29, 1.82) is 0 Å². The maximum atomic E-state index is 11.7. The Labute approximate surface area is 110 Å². The number of hydrogen-bond acceptors (Lipinski definition) is 2. The Hall–Kier alpha value is -0.840. The van der Waals surface area contributed by atoms with Gasteiger partial charge in [-0.2, -0.15) is 0 Å². The lowest BCUT2D eigenvalue weighted by molar-refractivity contribution is -0.140. The lowest BCUT2D eigenvalue weighted by Gasteiger charge is -2.26. The van der Waals surface area contributed by atoms with Crippen LogP contribution >= 0.6 is 15.9 Å². The molecule has 4 nitrogen and oxygen atoms in total. The predicted molar refractivity (Wildman–Crippen MR) is 68.8 cm³/mol. The van der Waals surface area contributed by atoms with Gasteiger partial charge in [0.25, 0.3) is 0 Å². The third-order valence-corrected chi connectivity index (χ3v) is 3.48. The summed E-state index contributed by atoms with van der Waals surface area (Å²) < 4.78 is 0.713. The van der Waals surface area contributed by atoms with Crippen LogP contribution in [0.25, 0.3) is 0 Å². The van der Waals surface area contributed by atoms with Crippen molar-refractivity contribution in [3.8, 4) is 0 Å². The standard InChI is InChI=1S/C12H18BrNO3/c1-9(13)8-14-10(15)6-12(7-11(16)17)4-2-3-5-12/h1-8H2,(H,14,15)(H,16,17). The number of halogens is 1. The van der Waals surface area contributed by atoms with Crippen LogP contribution in [0.15, 0.2) is 11.1 Å². The minimum atomic E-state index is -0.815. The summed E-state index contributed by atoms with van der Waals surface area (Å²) in [5.74, 6) is -0.904. The monoisotopic (exact) mass is 303 g/mol. The van der Waals surface area contributed by atoms with Crippen molar-refractivity contribution in [3.05, 3.63) is 11.1 Å². The minimum Gasteiger partial charge on any atom is -0.481 e. The van der Waals surface area contributed by atoms with E-state index in [0.717, 1.165) is 25.7 Å². The van der Waals surface area contributed by atoms with E-state index in [1.807, 2.05) is 0 Å². The largest absolute Gasteiger partial charge is 0.481 e. The molecule has 0 unspecified atom stereocenters. The fraction of sp³-hybridized carbons (Fsp3) is 0.667. The van der Waals surface area contributed by atoms with Crippen LogP contribution < -0.4 is 5.32 Å². The first-order chi connectivity index (χ1) is 7.93. The number of aliphatic carboxylic acids is 1. The maximum Gasteiger partial charge on any atom is 0.303 e. The smallest absolute Gasteiger partial charge is 0.303 e. The van der Waals surface area contributed by atoms with E-state index >= 15 is 0 Å². The van der Waals surface area contributed by atoms with Gasteiger partial charge in [-0.15, -0.1) is 0 Å². The lowest BCUT2D eigenvalue weighted by Crippen LogP contribution is -2.32. The van der Waals surface area contributed by atoms with Crippen molar-refractivity contribution >= 4 is 27.8 Å². The molecule has 1 amide bonds. The van der Waals surface area contributed by atoms with Crippen molar-refractivity contribution < 1.29 is 14.7 Å². The highest BCUT2D eigenvalue weighted by Crippen LogP contribution is 2.43. The molecule has 0 saturated heterocycles.